The number of rotatable bonds is 34. The van der Waals surface area contributed by atoms with Crippen LogP contribution in [-0.2, 0) is 38.4 Å². The van der Waals surface area contributed by atoms with Crippen LogP contribution in [0.15, 0.2) is 0 Å². The van der Waals surface area contributed by atoms with E-state index in [1.807, 2.05) is 55.4 Å². The lowest BCUT2D eigenvalue weighted by atomic mass is 9.97. The summed E-state index contributed by atoms with van der Waals surface area (Å²) in [7, 11) is 0. The Balaban J connectivity index is -0.0000000866. The van der Waals surface area contributed by atoms with Gasteiger partial charge in [0.2, 0.25) is 0 Å². The van der Waals surface area contributed by atoms with E-state index in [1.54, 1.807) is 27.7 Å². The van der Waals surface area contributed by atoms with Crippen LogP contribution >= 0.6 is 0 Å². The standard InChI is InChI=1S/2C14H27NO2.2C13H25NO2.6CH4/c2*1-10(2)14(17)9-8-13(15-11(3)4)7-6-12(5)16;2*1-9(2)13(16)8-12(14-10(3)4)7-6-11(5)15;;;;;;/h2*10-11,13,15H,6-9H2,1-5H3;2*9-10,12,14H,6-8H2,1-5H3;6*1H4/t2*13-;2*12-;;;;;;/m1010....../s1. The van der Waals surface area contributed by atoms with Crippen molar-refractivity contribution in [1.29, 1.82) is 0 Å². The third-order valence-electron chi connectivity index (χ3n) is 10.6. The van der Waals surface area contributed by atoms with Crippen molar-refractivity contribution < 1.29 is 38.4 Å². The fourth-order valence-electron chi connectivity index (χ4n) is 6.67. The lowest BCUT2D eigenvalue weighted by Gasteiger charge is -2.21. The second-order valence-corrected chi connectivity index (χ2v) is 21.0. The van der Waals surface area contributed by atoms with Gasteiger partial charge in [0.05, 0.1) is 0 Å². The number of carbonyl (C=O) groups is 8. The Bertz CT molecular complexity index is 1270. The third kappa shape index (κ3) is 65.2. The second kappa shape index (κ2) is 54.5. The van der Waals surface area contributed by atoms with Gasteiger partial charge >= 0.3 is 0 Å². The highest BCUT2D eigenvalue weighted by molar-refractivity contribution is 5.82. The Morgan fingerprint density at radius 3 is 0.597 bits per heavy atom. The van der Waals surface area contributed by atoms with Gasteiger partial charge in [0, 0.05) is 123 Å². The SMILES string of the molecule is C.C.C.C.C.C.CC(=O)CC[C@@H](CC(=O)C(C)C)NC(C)C.CC(=O)CC[C@@H](CCC(=O)C(C)C)NC(C)C.CC(=O)CC[C@H](CC(=O)C(C)C)NC(C)C.CC(=O)CC[C@H](CCC(=O)C(C)C)NC(C)C. The summed E-state index contributed by atoms with van der Waals surface area (Å²) in [6.07, 6.45) is 9.43. The van der Waals surface area contributed by atoms with E-state index in [4.69, 9.17) is 0 Å². The molecule has 0 fully saturated rings. The van der Waals surface area contributed by atoms with Crippen molar-refractivity contribution >= 4 is 46.3 Å². The third-order valence-corrected chi connectivity index (χ3v) is 10.6. The molecule has 12 heteroatoms. The second-order valence-electron chi connectivity index (χ2n) is 21.0. The van der Waals surface area contributed by atoms with E-state index in [1.165, 1.54) is 0 Å². The van der Waals surface area contributed by atoms with Crippen molar-refractivity contribution in [3.63, 3.8) is 0 Å². The van der Waals surface area contributed by atoms with Crippen LogP contribution in [0.1, 0.15) is 273 Å². The van der Waals surface area contributed by atoms with Gasteiger partial charge in [-0.25, -0.2) is 0 Å². The summed E-state index contributed by atoms with van der Waals surface area (Å²) in [5, 5.41) is 13.5. The maximum Gasteiger partial charge on any atom is 0.136 e. The summed E-state index contributed by atoms with van der Waals surface area (Å²) in [5.41, 5.74) is 0. The van der Waals surface area contributed by atoms with Crippen LogP contribution in [0.3, 0.4) is 0 Å². The molecule has 0 aromatic heterocycles. The topological polar surface area (TPSA) is 185 Å². The number of Topliss-reactive ketones (excluding diaryl/α,β-unsaturated/α-hetero) is 8. The minimum atomic E-state index is 0. The van der Waals surface area contributed by atoms with Crippen molar-refractivity contribution in [2.24, 2.45) is 23.7 Å². The average molecular weight is 1030 g/mol. The Kier molecular flexibility index (Phi) is 69.5. The van der Waals surface area contributed by atoms with Crippen LogP contribution in [0.4, 0.5) is 0 Å². The Labute approximate surface area is 449 Å². The lowest BCUT2D eigenvalue weighted by molar-refractivity contribution is -0.123. The summed E-state index contributed by atoms with van der Waals surface area (Å²) in [4.78, 5) is 90.3. The van der Waals surface area contributed by atoms with E-state index in [2.05, 4.69) is 76.7 Å². The molecule has 4 atom stereocenters. The molecule has 12 nitrogen and oxygen atoms in total. The zero-order chi connectivity index (χ0) is 52.3. The molecule has 0 unspecified atom stereocenters. The van der Waals surface area contributed by atoms with Gasteiger partial charge in [-0.3, -0.25) is 19.2 Å². The number of hydrogen-bond acceptors (Lipinski definition) is 12. The quantitative estimate of drug-likeness (QED) is 0.0479. The van der Waals surface area contributed by atoms with Crippen molar-refractivity contribution in [2.75, 3.05) is 0 Å². The zero-order valence-electron chi connectivity index (χ0n) is 46.1. The molecule has 0 saturated carbocycles. The number of ketones is 8. The van der Waals surface area contributed by atoms with Gasteiger partial charge in [0.25, 0.3) is 0 Å². The first-order valence-electron chi connectivity index (χ1n) is 25.4. The van der Waals surface area contributed by atoms with E-state index >= 15 is 0 Å². The fourth-order valence-corrected chi connectivity index (χ4v) is 6.67. The first-order chi connectivity index (χ1) is 30.3. The van der Waals surface area contributed by atoms with E-state index < -0.39 is 0 Å². The first kappa shape index (κ1) is 91.8. The smallest absolute Gasteiger partial charge is 0.136 e. The minimum absolute atomic E-state index is 0. The molecule has 0 aliphatic rings. The molecule has 0 rings (SSSR count). The normalized spacial score (nSPS) is 12.1. The molecule has 0 aromatic rings. The monoisotopic (exact) mass is 1030 g/mol. The van der Waals surface area contributed by atoms with Gasteiger partial charge in [0.1, 0.15) is 46.3 Å². The number of nitrogens with one attached hydrogen (secondary N) is 4. The summed E-state index contributed by atoms with van der Waals surface area (Å²) in [6.45, 7) is 38.4. The zero-order valence-corrected chi connectivity index (χ0v) is 46.1. The number of hydrogen-bond donors (Lipinski definition) is 4. The molecule has 0 heterocycles. The summed E-state index contributed by atoms with van der Waals surface area (Å²) in [6, 6.07) is 2.30. The van der Waals surface area contributed by atoms with Crippen LogP contribution in [0.5, 0.6) is 0 Å². The molecule has 72 heavy (non-hydrogen) atoms. The van der Waals surface area contributed by atoms with Gasteiger partial charge in [-0.05, 0) is 66.2 Å². The Morgan fingerprint density at radius 2 is 0.431 bits per heavy atom. The fraction of sp³-hybridized carbons (Fsp3) is 0.867. The Hall–Kier alpha value is -2.80. The van der Waals surface area contributed by atoms with Gasteiger partial charge in [-0.1, -0.05) is 155 Å². The van der Waals surface area contributed by atoms with Gasteiger partial charge in [-0.15, -0.1) is 0 Å². The van der Waals surface area contributed by atoms with Crippen LogP contribution in [0, 0.1) is 23.7 Å². The van der Waals surface area contributed by atoms with E-state index in [0.717, 1.165) is 38.5 Å². The summed E-state index contributed by atoms with van der Waals surface area (Å²) in [5.74, 6) is 2.34. The van der Waals surface area contributed by atoms with Gasteiger partial charge in [0.15, 0.2) is 0 Å². The van der Waals surface area contributed by atoms with E-state index in [9.17, 15) is 38.4 Å². The highest BCUT2D eigenvalue weighted by atomic mass is 16.2. The predicted molar refractivity (Wildman–Crippen MR) is 315 cm³/mol. The highest BCUT2D eigenvalue weighted by Crippen LogP contribution is 2.13. The average Bonchev–Trinajstić information content (AvgIpc) is 3.17. The molecule has 436 valence electrons. The predicted octanol–water partition coefficient (Wildman–Crippen LogP) is 13.9. The molecule has 0 amide bonds. The molecule has 0 spiro atoms. The minimum Gasteiger partial charge on any atom is -0.312 e. The molecule has 0 saturated heterocycles. The molecule has 0 aliphatic heterocycles. The molecule has 0 aliphatic carbocycles. The van der Waals surface area contributed by atoms with Crippen molar-refractivity contribution in [1.82, 2.24) is 21.3 Å². The van der Waals surface area contributed by atoms with Crippen LogP contribution in [-0.4, -0.2) is 94.6 Å². The molecule has 0 radical (unpaired) electrons. The van der Waals surface area contributed by atoms with Crippen molar-refractivity contribution in [2.45, 2.75) is 321 Å². The maximum absolute atomic E-state index is 11.7. The maximum atomic E-state index is 11.7. The molecular formula is C60H128N4O8. The van der Waals surface area contributed by atoms with E-state index in [0.29, 0.717) is 87.1 Å². The Morgan fingerprint density at radius 1 is 0.264 bits per heavy atom. The largest absolute Gasteiger partial charge is 0.312 e. The highest BCUT2D eigenvalue weighted by Gasteiger charge is 2.20. The van der Waals surface area contributed by atoms with E-state index in [-0.39, 0.29) is 127 Å². The molecular weight excluding hydrogens is 905 g/mol. The van der Waals surface area contributed by atoms with Crippen molar-refractivity contribution in [3.05, 3.63) is 0 Å². The lowest BCUT2D eigenvalue weighted by Crippen LogP contribution is -2.37. The summed E-state index contributed by atoms with van der Waals surface area (Å²) < 4.78 is 0. The first-order valence-corrected chi connectivity index (χ1v) is 25.4. The van der Waals surface area contributed by atoms with Crippen LogP contribution < -0.4 is 21.3 Å². The van der Waals surface area contributed by atoms with Crippen molar-refractivity contribution in [3.8, 4) is 0 Å². The molecule has 4 N–H and O–H groups in total. The van der Waals surface area contributed by atoms with Gasteiger partial charge in [-0.2, -0.15) is 0 Å². The molecule has 0 bridgehead atoms. The number of carbonyl (C=O) groups excluding carboxylic acids is 8. The summed E-state index contributed by atoms with van der Waals surface area (Å²) >= 11 is 0. The molecule has 0 aromatic carbocycles. The van der Waals surface area contributed by atoms with Crippen LogP contribution in [0.25, 0.3) is 0 Å². The van der Waals surface area contributed by atoms with Crippen LogP contribution in [0.2, 0.25) is 0 Å². The van der Waals surface area contributed by atoms with Gasteiger partial charge < -0.3 is 40.4 Å².